The van der Waals surface area contributed by atoms with Crippen molar-refractivity contribution in [3.63, 3.8) is 0 Å². The highest BCUT2D eigenvalue weighted by molar-refractivity contribution is 6.29. The summed E-state index contributed by atoms with van der Waals surface area (Å²) >= 11 is 5.83. The van der Waals surface area contributed by atoms with Gasteiger partial charge in [-0.1, -0.05) is 31.4 Å². The van der Waals surface area contributed by atoms with E-state index in [0.717, 1.165) is 19.3 Å². The molecule has 18 heavy (non-hydrogen) atoms. The van der Waals surface area contributed by atoms with Gasteiger partial charge in [-0.3, -0.25) is 0 Å². The standard InChI is InChI=1S/C13H20ClN3O/c1-9-3-2-6-13(18,7-9)8-16-12-10(15)4-5-11(14)17-12/h4-5,9,18H,2-3,6-8,15H2,1H3,(H,16,17). The first-order valence-corrected chi connectivity index (χ1v) is 6.75. The van der Waals surface area contributed by atoms with E-state index in [1.807, 2.05) is 0 Å². The third-order valence-corrected chi connectivity index (χ3v) is 3.76. The quantitative estimate of drug-likeness (QED) is 0.738. The van der Waals surface area contributed by atoms with E-state index < -0.39 is 5.60 Å². The van der Waals surface area contributed by atoms with E-state index in [2.05, 4.69) is 17.2 Å². The third kappa shape index (κ3) is 3.27. The van der Waals surface area contributed by atoms with Gasteiger partial charge in [-0.25, -0.2) is 4.98 Å². The summed E-state index contributed by atoms with van der Waals surface area (Å²) in [7, 11) is 0. The first-order valence-electron chi connectivity index (χ1n) is 6.37. The Labute approximate surface area is 113 Å². The molecule has 0 saturated heterocycles. The van der Waals surface area contributed by atoms with Crippen LogP contribution in [-0.2, 0) is 0 Å². The molecule has 5 heteroatoms. The lowest BCUT2D eigenvalue weighted by Gasteiger charge is -2.35. The SMILES string of the molecule is CC1CCCC(O)(CNc2nc(Cl)ccc2N)C1. The molecule has 0 radical (unpaired) electrons. The molecule has 0 spiro atoms. The van der Waals surface area contributed by atoms with Gasteiger partial charge in [0.05, 0.1) is 11.3 Å². The number of aromatic nitrogens is 1. The molecule has 2 unspecified atom stereocenters. The molecule has 0 aliphatic heterocycles. The molecule has 1 saturated carbocycles. The zero-order valence-electron chi connectivity index (χ0n) is 10.6. The van der Waals surface area contributed by atoms with Crippen molar-refractivity contribution in [2.75, 3.05) is 17.6 Å². The third-order valence-electron chi connectivity index (χ3n) is 3.54. The zero-order valence-corrected chi connectivity index (χ0v) is 11.4. The predicted molar refractivity (Wildman–Crippen MR) is 74.7 cm³/mol. The fourth-order valence-corrected chi connectivity index (χ4v) is 2.78. The molecule has 100 valence electrons. The maximum Gasteiger partial charge on any atom is 0.151 e. The van der Waals surface area contributed by atoms with E-state index in [1.54, 1.807) is 12.1 Å². The molecule has 1 aromatic heterocycles. The van der Waals surface area contributed by atoms with Crippen molar-refractivity contribution in [1.29, 1.82) is 0 Å². The van der Waals surface area contributed by atoms with E-state index in [1.165, 1.54) is 6.42 Å². The van der Waals surface area contributed by atoms with Crippen LogP contribution in [0.1, 0.15) is 32.6 Å². The molecular formula is C13H20ClN3O. The van der Waals surface area contributed by atoms with Crippen molar-refractivity contribution in [2.45, 2.75) is 38.2 Å². The Kier molecular flexibility index (Phi) is 3.97. The molecule has 1 aliphatic carbocycles. The molecule has 2 rings (SSSR count). The number of aliphatic hydroxyl groups is 1. The number of anilines is 2. The van der Waals surface area contributed by atoms with Crippen molar-refractivity contribution >= 4 is 23.1 Å². The van der Waals surface area contributed by atoms with Crippen LogP contribution in [0.15, 0.2) is 12.1 Å². The van der Waals surface area contributed by atoms with E-state index >= 15 is 0 Å². The Hall–Kier alpha value is -1.00. The molecule has 1 fully saturated rings. The Morgan fingerprint density at radius 2 is 2.39 bits per heavy atom. The highest BCUT2D eigenvalue weighted by atomic mass is 35.5. The molecular weight excluding hydrogens is 250 g/mol. The zero-order chi connectivity index (χ0) is 13.2. The highest BCUT2D eigenvalue weighted by Crippen LogP contribution is 2.32. The fraction of sp³-hybridized carbons (Fsp3) is 0.615. The molecule has 1 aromatic rings. The molecule has 1 aliphatic rings. The number of pyridine rings is 1. The van der Waals surface area contributed by atoms with E-state index in [9.17, 15) is 5.11 Å². The summed E-state index contributed by atoms with van der Waals surface area (Å²) in [4.78, 5) is 4.13. The minimum absolute atomic E-state index is 0.399. The lowest BCUT2D eigenvalue weighted by Crippen LogP contribution is -2.41. The van der Waals surface area contributed by atoms with Crippen LogP contribution in [0, 0.1) is 5.92 Å². The van der Waals surface area contributed by atoms with Crippen molar-refractivity contribution in [3.05, 3.63) is 17.3 Å². The molecule has 4 nitrogen and oxygen atoms in total. The van der Waals surface area contributed by atoms with Crippen molar-refractivity contribution < 1.29 is 5.11 Å². The summed E-state index contributed by atoms with van der Waals surface area (Å²) in [6.45, 7) is 2.64. The molecule has 0 bridgehead atoms. The smallest absolute Gasteiger partial charge is 0.151 e. The van der Waals surface area contributed by atoms with E-state index in [-0.39, 0.29) is 0 Å². The number of nitrogen functional groups attached to an aromatic ring is 1. The Morgan fingerprint density at radius 1 is 1.61 bits per heavy atom. The highest BCUT2D eigenvalue weighted by Gasteiger charge is 2.32. The van der Waals surface area contributed by atoms with E-state index in [0.29, 0.717) is 29.1 Å². The fourth-order valence-electron chi connectivity index (χ4n) is 2.63. The van der Waals surface area contributed by atoms with Crippen molar-refractivity contribution in [2.24, 2.45) is 5.92 Å². The monoisotopic (exact) mass is 269 g/mol. The maximum absolute atomic E-state index is 10.5. The van der Waals surface area contributed by atoms with Gasteiger partial charge in [0.2, 0.25) is 0 Å². The summed E-state index contributed by atoms with van der Waals surface area (Å²) in [6.07, 6.45) is 3.91. The predicted octanol–water partition coefficient (Wildman–Crippen LogP) is 2.67. The van der Waals surface area contributed by atoms with Gasteiger partial charge >= 0.3 is 0 Å². The summed E-state index contributed by atoms with van der Waals surface area (Å²) in [5, 5.41) is 14.0. The van der Waals surface area contributed by atoms with Gasteiger partial charge in [0, 0.05) is 6.54 Å². The summed E-state index contributed by atoms with van der Waals surface area (Å²) < 4.78 is 0. The van der Waals surface area contributed by atoms with Gasteiger partial charge in [-0.2, -0.15) is 0 Å². The number of nitrogens with one attached hydrogen (secondary N) is 1. The first kappa shape index (κ1) is 13.4. The van der Waals surface area contributed by atoms with Crippen LogP contribution in [0.25, 0.3) is 0 Å². The second kappa shape index (κ2) is 5.33. The molecule has 4 N–H and O–H groups in total. The molecule has 0 amide bonds. The number of hydrogen-bond acceptors (Lipinski definition) is 4. The lowest BCUT2D eigenvalue weighted by atomic mass is 9.79. The van der Waals surface area contributed by atoms with Gasteiger partial charge in [0.25, 0.3) is 0 Å². The number of rotatable bonds is 3. The average molecular weight is 270 g/mol. The first-order chi connectivity index (χ1) is 8.48. The number of nitrogens with zero attached hydrogens (tertiary/aromatic N) is 1. The Balaban J connectivity index is 2.00. The van der Waals surface area contributed by atoms with Crippen LogP contribution in [-0.4, -0.2) is 22.2 Å². The lowest BCUT2D eigenvalue weighted by molar-refractivity contribution is -0.000811. The number of halogens is 1. The number of nitrogens with two attached hydrogens (primary N) is 1. The van der Waals surface area contributed by atoms with Crippen molar-refractivity contribution in [1.82, 2.24) is 4.98 Å². The van der Waals surface area contributed by atoms with Crippen LogP contribution < -0.4 is 11.1 Å². The van der Waals surface area contributed by atoms with Crippen LogP contribution >= 0.6 is 11.6 Å². The average Bonchev–Trinajstić information content (AvgIpc) is 2.30. The van der Waals surface area contributed by atoms with Crippen LogP contribution in [0.3, 0.4) is 0 Å². The molecule has 1 heterocycles. The van der Waals surface area contributed by atoms with Crippen LogP contribution in [0.2, 0.25) is 5.15 Å². The van der Waals surface area contributed by atoms with Gasteiger partial charge in [-0.05, 0) is 30.9 Å². The summed E-state index contributed by atoms with van der Waals surface area (Å²) in [5.41, 5.74) is 5.70. The van der Waals surface area contributed by atoms with Gasteiger partial charge < -0.3 is 16.2 Å². The Morgan fingerprint density at radius 3 is 3.11 bits per heavy atom. The van der Waals surface area contributed by atoms with E-state index in [4.69, 9.17) is 17.3 Å². The van der Waals surface area contributed by atoms with Crippen molar-refractivity contribution in [3.8, 4) is 0 Å². The van der Waals surface area contributed by atoms with Gasteiger partial charge in [0.15, 0.2) is 5.82 Å². The number of hydrogen-bond donors (Lipinski definition) is 3. The minimum Gasteiger partial charge on any atom is -0.396 e. The molecule has 0 aromatic carbocycles. The minimum atomic E-state index is -0.659. The summed E-state index contributed by atoms with van der Waals surface area (Å²) in [5.74, 6) is 1.12. The second-order valence-corrected chi connectivity index (χ2v) is 5.74. The van der Waals surface area contributed by atoms with Crippen LogP contribution in [0.4, 0.5) is 11.5 Å². The van der Waals surface area contributed by atoms with Gasteiger partial charge in [0.1, 0.15) is 5.15 Å². The molecule has 2 atom stereocenters. The summed E-state index contributed by atoms with van der Waals surface area (Å²) in [6, 6.07) is 3.37. The van der Waals surface area contributed by atoms with Gasteiger partial charge in [-0.15, -0.1) is 0 Å². The Bertz CT molecular complexity index is 427. The maximum atomic E-state index is 10.5. The normalized spacial score (nSPS) is 28.1. The second-order valence-electron chi connectivity index (χ2n) is 5.35. The largest absolute Gasteiger partial charge is 0.396 e. The van der Waals surface area contributed by atoms with Crippen LogP contribution in [0.5, 0.6) is 0 Å². The topological polar surface area (TPSA) is 71.2 Å².